The average Bonchev–Trinajstić information content (AvgIpc) is 3.27. The molecule has 0 radical (unpaired) electrons. The first-order valence-corrected chi connectivity index (χ1v) is 11.1. The second-order valence-electron chi connectivity index (χ2n) is 7.90. The quantitative estimate of drug-likeness (QED) is 0.506. The van der Waals surface area contributed by atoms with E-state index in [1.54, 1.807) is 54.7 Å². The van der Waals surface area contributed by atoms with Gasteiger partial charge < -0.3 is 19.7 Å². The SMILES string of the molecule is COC1(OC)C[C@H](C(=O)Nc2ccc(-n3ccccc3=O)cc2)N(C(=O)Nc2ccc(Cl)cn2)C1. The van der Waals surface area contributed by atoms with E-state index in [0.29, 0.717) is 16.4 Å². The molecule has 0 spiro atoms. The fourth-order valence-corrected chi connectivity index (χ4v) is 3.98. The average molecular weight is 498 g/mol. The van der Waals surface area contributed by atoms with Gasteiger partial charge in [-0.1, -0.05) is 17.7 Å². The van der Waals surface area contributed by atoms with Gasteiger partial charge in [-0.2, -0.15) is 0 Å². The highest BCUT2D eigenvalue weighted by atomic mass is 35.5. The molecule has 1 aromatic carbocycles. The summed E-state index contributed by atoms with van der Waals surface area (Å²) in [5.74, 6) is -1.26. The Balaban J connectivity index is 1.51. The molecule has 2 N–H and O–H groups in total. The number of carbonyl (C=O) groups excluding carboxylic acids is 2. The van der Waals surface area contributed by atoms with Crippen LogP contribution in [-0.2, 0) is 14.3 Å². The zero-order valence-electron chi connectivity index (χ0n) is 19.1. The summed E-state index contributed by atoms with van der Waals surface area (Å²) in [5.41, 5.74) is 1.00. The number of aromatic nitrogens is 2. The number of likely N-dealkylation sites (tertiary alicyclic amines) is 1. The number of benzene rings is 1. The first-order valence-electron chi connectivity index (χ1n) is 10.7. The summed E-state index contributed by atoms with van der Waals surface area (Å²) in [6, 6.07) is 13.4. The molecule has 1 fully saturated rings. The molecule has 0 saturated carbocycles. The Kier molecular flexibility index (Phi) is 7.15. The van der Waals surface area contributed by atoms with Gasteiger partial charge in [0.15, 0.2) is 5.79 Å². The topological polar surface area (TPSA) is 115 Å². The Morgan fingerprint density at radius 1 is 1.06 bits per heavy atom. The Morgan fingerprint density at radius 2 is 1.80 bits per heavy atom. The van der Waals surface area contributed by atoms with Gasteiger partial charge in [0.25, 0.3) is 5.56 Å². The summed E-state index contributed by atoms with van der Waals surface area (Å²) in [5, 5.41) is 5.93. The van der Waals surface area contributed by atoms with E-state index in [1.807, 2.05) is 0 Å². The van der Waals surface area contributed by atoms with Crippen LogP contribution in [0.25, 0.3) is 5.69 Å². The summed E-state index contributed by atoms with van der Waals surface area (Å²) >= 11 is 5.86. The molecule has 3 heterocycles. The third kappa shape index (κ3) is 5.35. The number of hydrogen-bond donors (Lipinski definition) is 2. The van der Waals surface area contributed by atoms with Crippen molar-refractivity contribution in [2.45, 2.75) is 18.2 Å². The first kappa shape index (κ1) is 24.4. The van der Waals surface area contributed by atoms with Crippen molar-refractivity contribution in [2.24, 2.45) is 0 Å². The molecule has 2 aromatic heterocycles. The number of ether oxygens (including phenoxy) is 2. The monoisotopic (exact) mass is 497 g/mol. The van der Waals surface area contributed by atoms with E-state index in [1.165, 1.54) is 35.9 Å². The molecule has 1 saturated heterocycles. The maximum atomic E-state index is 13.2. The van der Waals surface area contributed by atoms with E-state index in [4.69, 9.17) is 21.1 Å². The van der Waals surface area contributed by atoms with Crippen LogP contribution in [0.15, 0.2) is 71.8 Å². The van der Waals surface area contributed by atoms with Gasteiger partial charge in [-0.15, -0.1) is 0 Å². The number of nitrogens with zero attached hydrogens (tertiary/aromatic N) is 3. The van der Waals surface area contributed by atoms with Gasteiger partial charge in [-0.25, -0.2) is 9.78 Å². The highest BCUT2D eigenvalue weighted by molar-refractivity contribution is 6.30. The fourth-order valence-electron chi connectivity index (χ4n) is 3.87. The summed E-state index contributed by atoms with van der Waals surface area (Å²) in [6.45, 7) is 0.0351. The number of rotatable bonds is 6. The third-order valence-corrected chi connectivity index (χ3v) is 6.02. The number of pyridine rings is 2. The number of halogens is 1. The number of nitrogens with one attached hydrogen (secondary N) is 2. The molecule has 182 valence electrons. The Hall–Kier alpha value is -3.73. The minimum atomic E-state index is -1.13. The van der Waals surface area contributed by atoms with Gasteiger partial charge in [0, 0.05) is 50.5 Å². The lowest BCUT2D eigenvalue weighted by atomic mass is 10.1. The third-order valence-electron chi connectivity index (χ3n) is 5.80. The Labute approximate surface area is 206 Å². The van der Waals surface area contributed by atoms with Gasteiger partial charge in [0.05, 0.1) is 11.6 Å². The standard InChI is InChI=1S/C24H24ClN5O5/c1-34-24(35-2)13-19(30(15-24)23(33)28-20-11-6-16(25)14-26-20)22(32)27-17-7-9-18(10-8-17)29-12-4-3-5-21(29)31/h3-12,14,19H,13,15H2,1-2H3,(H,27,32)(H,26,28,33)/t19-/m1/s1. The van der Waals surface area contributed by atoms with Crippen LogP contribution in [-0.4, -0.2) is 59.0 Å². The largest absolute Gasteiger partial charge is 0.351 e. The van der Waals surface area contributed by atoms with Crippen molar-refractivity contribution in [1.29, 1.82) is 0 Å². The Bertz CT molecular complexity index is 1260. The van der Waals surface area contributed by atoms with E-state index in [9.17, 15) is 14.4 Å². The maximum Gasteiger partial charge on any atom is 0.323 e. The highest BCUT2D eigenvalue weighted by Gasteiger charge is 2.50. The van der Waals surface area contributed by atoms with Crippen molar-refractivity contribution in [3.8, 4) is 5.69 Å². The Morgan fingerprint density at radius 3 is 2.43 bits per heavy atom. The van der Waals surface area contributed by atoms with Gasteiger partial charge >= 0.3 is 6.03 Å². The minimum absolute atomic E-state index is 0.0351. The summed E-state index contributed by atoms with van der Waals surface area (Å²) in [6.07, 6.45) is 3.20. The van der Waals surface area contributed by atoms with E-state index in [-0.39, 0.29) is 24.3 Å². The normalized spacial score (nSPS) is 16.7. The van der Waals surface area contributed by atoms with Crippen LogP contribution in [0.3, 0.4) is 0 Å². The number of methoxy groups -OCH3 is 2. The molecule has 1 atom stereocenters. The molecule has 35 heavy (non-hydrogen) atoms. The predicted molar refractivity (Wildman–Crippen MR) is 131 cm³/mol. The molecule has 11 heteroatoms. The van der Waals surface area contributed by atoms with E-state index >= 15 is 0 Å². The fraction of sp³-hybridized carbons (Fsp3) is 0.250. The lowest BCUT2D eigenvalue weighted by molar-refractivity contribution is -0.194. The summed E-state index contributed by atoms with van der Waals surface area (Å²) in [7, 11) is 2.93. The van der Waals surface area contributed by atoms with Crippen molar-refractivity contribution in [1.82, 2.24) is 14.5 Å². The van der Waals surface area contributed by atoms with E-state index in [0.717, 1.165) is 0 Å². The molecular weight excluding hydrogens is 474 g/mol. The number of carbonyl (C=O) groups is 2. The van der Waals surface area contributed by atoms with Crippen molar-refractivity contribution in [2.75, 3.05) is 31.4 Å². The molecule has 0 aliphatic carbocycles. The summed E-state index contributed by atoms with van der Waals surface area (Å²) in [4.78, 5) is 43.7. The highest BCUT2D eigenvalue weighted by Crippen LogP contribution is 2.32. The predicted octanol–water partition coefficient (Wildman–Crippen LogP) is 3.12. The van der Waals surface area contributed by atoms with Crippen LogP contribution in [0.2, 0.25) is 5.02 Å². The van der Waals surface area contributed by atoms with E-state index in [2.05, 4.69) is 15.6 Å². The second kappa shape index (κ2) is 10.3. The van der Waals surface area contributed by atoms with Crippen LogP contribution >= 0.6 is 11.6 Å². The molecule has 3 aromatic rings. The number of anilines is 2. The lowest BCUT2D eigenvalue weighted by Gasteiger charge is -2.26. The van der Waals surface area contributed by atoms with Gasteiger partial charge in [-0.05, 0) is 42.5 Å². The molecule has 0 unspecified atom stereocenters. The van der Waals surface area contributed by atoms with Crippen molar-refractivity contribution >= 4 is 35.0 Å². The van der Waals surface area contributed by atoms with Gasteiger partial charge in [-0.3, -0.25) is 19.5 Å². The lowest BCUT2D eigenvalue weighted by Crippen LogP contribution is -2.45. The molecule has 10 nitrogen and oxygen atoms in total. The van der Waals surface area contributed by atoms with Crippen molar-refractivity contribution in [3.05, 3.63) is 82.4 Å². The van der Waals surface area contributed by atoms with E-state index < -0.39 is 23.8 Å². The second-order valence-corrected chi connectivity index (χ2v) is 8.34. The zero-order valence-corrected chi connectivity index (χ0v) is 19.9. The molecule has 1 aliphatic rings. The van der Waals surface area contributed by atoms with Crippen LogP contribution in [0.4, 0.5) is 16.3 Å². The molecule has 1 aliphatic heterocycles. The maximum absolute atomic E-state index is 13.2. The van der Waals surface area contributed by atoms with Crippen LogP contribution in [0, 0.1) is 0 Å². The molecule has 0 bridgehead atoms. The minimum Gasteiger partial charge on any atom is -0.351 e. The first-order chi connectivity index (χ1) is 16.8. The van der Waals surface area contributed by atoms with Gasteiger partial charge in [0.1, 0.15) is 11.9 Å². The van der Waals surface area contributed by atoms with Crippen molar-refractivity contribution in [3.63, 3.8) is 0 Å². The zero-order chi connectivity index (χ0) is 25.0. The number of urea groups is 1. The number of amides is 3. The summed E-state index contributed by atoms with van der Waals surface area (Å²) < 4.78 is 12.5. The van der Waals surface area contributed by atoms with Crippen LogP contribution in [0.5, 0.6) is 0 Å². The number of hydrogen-bond acceptors (Lipinski definition) is 6. The molecule has 4 rings (SSSR count). The molecular formula is C24H24ClN5O5. The van der Waals surface area contributed by atoms with Gasteiger partial charge in [0.2, 0.25) is 5.91 Å². The molecule has 3 amide bonds. The van der Waals surface area contributed by atoms with Crippen LogP contribution in [0.1, 0.15) is 6.42 Å². The van der Waals surface area contributed by atoms with Crippen LogP contribution < -0.4 is 16.2 Å². The van der Waals surface area contributed by atoms with Crippen molar-refractivity contribution < 1.29 is 19.1 Å². The smallest absolute Gasteiger partial charge is 0.323 e.